The lowest BCUT2D eigenvalue weighted by Crippen LogP contribution is -2.44. The second kappa shape index (κ2) is 11.5. The number of rotatable bonds is 8. The molecule has 0 saturated carbocycles. The zero-order valence-electron chi connectivity index (χ0n) is 19.9. The molecule has 0 radical (unpaired) electrons. The molecule has 2 N–H and O–H groups in total. The summed E-state index contributed by atoms with van der Waals surface area (Å²) >= 11 is 6.23. The molecule has 10 heteroatoms. The number of hydrazine groups is 1. The number of benzene rings is 2. The van der Waals surface area contributed by atoms with E-state index in [2.05, 4.69) is 29.8 Å². The van der Waals surface area contributed by atoms with Gasteiger partial charge in [-0.05, 0) is 49.6 Å². The van der Waals surface area contributed by atoms with Crippen LogP contribution in [0.2, 0.25) is 5.02 Å². The van der Waals surface area contributed by atoms with Crippen LogP contribution >= 0.6 is 11.6 Å². The quantitative estimate of drug-likeness (QED) is 0.458. The van der Waals surface area contributed by atoms with Crippen LogP contribution in [-0.2, 0) is 0 Å². The van der Waals surface area contributed by atoms with Gasteiger partial charge in [0.2, 0.25) is 5.43 Å². The molecule has 0 unspecified atom stereocenters. The third kappa shape index (κ3) is 6.39. The Labute approximate surface area is 208 Å². The van der Waals surface area contributed by atoms with Crippen molar-refractivity contribution in [3.63, 3.8) is 0 Å². The average Bonchev–Trinajstić information content (AvgIpc) is 2.83. The van der Waals surface area contributed by atoms with Crippen molar-refractivity contribution in [2.75, 3.05) is 13.7 Å². The monoisotopic (exact) mass is 498 g/mol. The number of carbonyl (C=O) groups excluding carboxylic acids is 2. The van der Waals surface area contributed by atoms with E-state index in [1.54, 1.807) is 43.3 Å². The standard InChI is InChI=1S/C25H27ClN4O5/c1-15(2)11-12-35-21-10-9-17(14-22(21)34-4)24(32)27-28-25(33)23-20(31)13-16(3)30(29-23)19-8-6-5-7-18(19)26/h5-10,13-15H,11-12H2,1-4H3,(H,27,32)(H,28,33). The minimum Gasteiger partial charge on any atom is -0.493 e. The Morgan fingerprint density at radius 2 is 1.77 bits per heavy atom. The number of carbonyl (C=O) groups is 2. The van der Waals surface area contributed by atoms with E-state index in [0.29, 0.717) is 40.4 Å². The van der Waals surface area contributed by atoms with Gasteiger partial charge in [-0.2, -0.15) is 5.10 Å². The first kappa shape index (κ1) is 25.8. The minimum atomic E-state index is -0.871. The molecule has 9 nitrogen and oxygen atoms in total. The summed E-state index contributed by atoms with van der Waals surface area (Å²) in [4.78, 5) is 37.6. The van der Waals surface area contributed by atoms with E-state index >= 15 is 0 Å². The summed E-state index contributed by atoms with van der Waals surface area (Å²) in [5.74, 6) is -0.0894. The molecule has 1 aromatic heterocycles. The summed E-state index contributed by atoms with van der Waals surface area (Å²) < 4.78 is 12.4. The fraction of sp³-hybridized carbons (Fsp3) is 0.280. The van der Waals surface area contributed by atoms with Crippen molar-refractivity contribution in [3.8, 4) is 17.2 Å². The van der Waals surface area contributed by atoms with Gasteiger partial charge >= 0.3 is 0 Å². The third-order valence-corrected chi connectivity index (χ3v) is 5.39. The van der Waals surface area contributed by atoms with Crippen LogP contribution in [0.25, 0.3) is 5.69 Å². The second-order valence-corrected chi connectivity index (χ2v) is 8.57. The van der Waals surface area contributed by atoms with Gasteiger partial charge in [0.1, 0.15) is 0 Å². The summed E-state index contributed by atoms with van der Waals surface area (Å²) in [5.41, 5.74) is 4.75. The largest absolute Gasteiger partial charge is 0.493 e. The highest BCUT2D eigenvalue weighted by Gasteiger charge is 2.18. The van der Waals surface area contributed by atoms with Crippen molar-refractivity contribution in [1.29, 1.82) is 0 Å². The number of methoxy groups -OCH3 is 1. The van der Waals surface area contributed by atoms with Crippen molar-refractivity contribution in [2.45, 2.75) is 27.2 Å². The first-order valence-electron chi connectivity index (χ1n) is 11.0. The van der Waals surface area contributed by atoms with Crippen molar-refractivity contribution in [2.24, 2.45) is 5.92 Å². The van der Waals surface area contributed by atoms with Gasteiger partial charge in [0.05, 0.1) is 24.4 Å². The first-order valence-corrected chi connectivity index (χ1v) is 11.4. The van der Waals surface area contributed by atoms with Gasteiger partial charge in [-0.3, -0.25) is 25.2 Å². The van der Waals surface area contributed by atoms with Gasteiger partial charge in [0.15, 0.2) is 17.2 Å². The van der Waals surface area contributed by atoms with E-state index in [4.69, 9.17) is 21.1 Å². The zero-order valence-corrected chi connectivity index (χ0v) is 20.7. The summed E-state index contributed by atoms with van der Waals surface area (Å²) in [7, 11) is 1.47. The number of amides is 2. The summed E-state index contributed by atoms with van der Waals surface area (Å²) in [6, 6.07) is 12.8. The molecular formula is C25H27ClN4O5. The fourth-order valence-electron chi connectivity index (χ4n) is 3.15. The Hall–Kier alpha value is -3.85. The van der Waals surface area contributed by atoms with Crippen LogP contribution in [0.3, 0.4) is 0 Å². The number of ether oxygens (including phenoxy) is 2. The van der Waals surface area contributed by atoms with Gasteiger partial charge in [-0.15, -0.1) is 0 Å². The predicted molar refractivity (Wildman–Crippen MR) is 132 cm³/mol. The summed E-state index contributed by atoms with van der Waals surface area (Å²) in [6.07, 6.45) is 0.878. The molecule has 2 aromatic carbocycles. The number of halogens is 1. The molecular weight excluding hydrogens is 472 g/mol. The van der Waals surface area contributed by atoms with Crippen LogP contribution in [0, 0.1) is 12.8 Å². The lowest BCUT2D eigenvalue weighted by molar-refractivity contribution is 0.0842. The van der Waals surface area contributed by atoms with Crippen molar-refractivity contribution in [1.82, 2.24) is 20.6 Å². The minimum absolute atomic E-state index is 0.226. The van der Waals surface area contributed by atoms with E-state index in [1.807, 2.05) is 0 Å². The molecule has 35 heavy (non-hydrogen) atoms. The van der Waals surface area contributed by atoms with Crippen molar-refractivity contribution in [3.05, 3.63) is 80.7 Å². The van der Waals surface area contributed by atoms with Gasteiger partial charge in [-0.25, -0.2) is 4.68 Å². The van der Waals surface area contributed by atoms with Gasteiger partial charge in [0, 0.05) is 17.3 Å². The molecule has 3 aromatic rings. The number of nitrogens with zero attached hydrogens (tertiary/aromatic N) is 2. The number of nitrogens with one attached hydrogen (secondary N) is 2. The molecule has 0 spiro atoms. The molecule has 0 aliphatic heterocycles. The molecule has 0 aliphatic rings. The van der Waals surface area contributed by atoms with Crippen LogP contribution in [0.5, 0.6) is 11.5 Å². The predicted octanol–water partition coefficient (Wildman–Crippen LogP) is 3.70. The lowest BCUT2D eigenvalue weighted by Gasteiger charge is -2.14. The molecule has 0 bridgehead atoms. The molecule has 2 amide bonds. The van der Waals surface area contributed by atoms with E-state index in [0.717, 1.165) is 6.42 Å². The first-order chi connectivity index (χ1) is 16.7. The van der Waals surface area contributed by atoms with Crippen LogP contribution in [0.15, 0.2) is 53.3 Å². The molecule has 0 atom stereocenters. The van der Waals surface area contributed by atoms with Crippen molar-refractivity contribution >= 4 is 23.4 Å². The molecule has 0 fully saturated rings. The number of aryl methyl sites for hydroxylation is 1. The Bertz CT molecular complexity index is 1290. The van der Waals surface area contributed by atoms with Crippen LogP contribution < -0.4 is 25.8 Å². The number of hydrogen-bond acceptors (Lipinski definition) is 6. The fourth-order valence-corrected chi connectivity index (χ4v) is 3.37. The van der Waals surface area contributed by atoms with E-state index < -0.39 is 22.9 Å². The smallest absolute Gasteiger partial charge is 0.294 e. The highest BCUT2D eigenvalue weighted by molar-refractivity contribution is 6.32. The molecule has 1 heterocycles. The second-order valence-electron chi connectivity index (χ2n) is 8.17. The maximum absolute atomic E-state index is 12.7. The highest BCUT2D eigenvalue weighted by Crippen LogP contribution is 2.28. The zero-order chi connectivity index (χ0) is 25.5. The Morgan fingerprint density at radius 3 is 2.46 bits per heavy atom. The molecule has 184 valence electrons. The Kier molecular flexibility index (Phi) is 8.48. The average molecular weight is 499 g/mol. The van der Waals surface area contributed by atoms with E-state index in [1.165, 1.54) is 23.9 Å². The van der Waals surface area contributed by atoms with Gasteiger partial charge in [0.25, 0.3) is 11.8 Å². The van der Waals surface area contributed by atoms with Crippen LogP contribution in [0.4, 0.5) is 0 Å². The maximum Gasteiger partial charge on any atom is 0.294 e. The molecule has 0 saturated heterocycles. The molecule has 0 aliphatic carbocycles. The number of para-hydroxylation sites is 1. The van der Waals surface area contributed by atoms with E-state index in [-0.39, 0.29) is 5.56 Å². The maximum atomic E-state index is 12.7. The van der Waals surface area contributed by atoms with Gasteiger partial charge < -0.3 is 9.47 Å². The summed E-state index contributed by atoms with van der Waals surface area (Å²) in [5, 5.41) is 4.55. The highest BCUT2D eigenvalue weighted by atomic mass is 35.5. The Morgan fingerprint density at radius 1 is 1.06 bits per heavy atom. The van der Waals surface area contributed by atoms with E-state index in [9.17, 15) is 14.4 Å². The lowest BCUT2D eigenvalue weighted by atomic mass is 10.1. The SMILES string of the molecule is COc1cc(C(=O)NNC(=O)c2nn(-c3ccccc3Cl)c(C)cc2=O)ccc1OCCC(C)C. The molecule has 3 rings (SSSR count). The van der Waals surface area contributed by atoms with Crippen molar-refractivity contribution < 1.29 is 19.1 Å². The normalized spacial score (nSPS) is 10.7. The number of hydrogen-bond donors (Lipinski definition) is 2. The number of aromatic nitrogens is 2. The third-order valence-electron chi connectivity index (χ3n) is 5.07. The van der Waals surface area contributed by atoms with Crippen LogP contribution in [-0.4, -0.2) is 35.3 Å². The van der Waals surface area contributed by atoms with Gasteiger partial charge in [-0.1, -0.05) is 37.6 Å². The summed E-state index contributed by atoms with van der Waals surface area (Å²) in [6.45, 7) is 6.39. The Balaban J connectivity index is 1.73. The topological polar surface area (TPSA) is 112 Å². The van der Waals surface area contributed by atoms with Crippen LogP contribution in [0.1, 0.15) is 46.8 Å².